The Morgan fingerprint density at radius 1 is 0.962 bits per heavy atom. The molecule has 2 aliphatic rings. The van der Waals surface area contributed by atoms with Crippen LogP contribution in [0.2, 0.25) is 0 Å². The number of amides is 2. The van der Waals surface area contributed by atoms with E-state index in [0.717, 1.165) is 31.5 Å². The van der Waals surface area contributed by atoms with E-state index in [0.29, 0.717) is 26.2 Å². The van der Waals surface area contributed by atoms with Gasteiger partial charge in [-0.05, 0) is 32.3 Å². The van der Waals surface area contributed by atoms with Crippen molar-refractivity contribution in [3.05, 3.63) is 35.9 Å². The minimum atomic E-state index is -1.03. The van der Waals surface area contributed by atoms with Gasteiger partial charge in [-0.2, -0.15) is 0 Å². The molecule has 142 valence electrons. The molecule has 2 fully saturated rings. The van der Waals surface area contributed by atoms with Crippen LogP contribution in [0.4, 0.5) is 0 Å². The number of benzene rings is 1. The molecule has 0 radical (unpaired) electrons. The Hall–Kier alpha value is -1.92. The number of likely N-dealkylation sites (tertiary alicyclic amines) is 1. The summed E-state index contributed by atoms with van der Waals surface area (Å²) in [5.41, 5.74) is 6.17. The molecule has 0 bridgehead atoms. The van der Waals surface area contributed by atoms with Crippen LogP contribution in [0, 0.1) is 0 Å². The van der Waals surface area contributed by atoms with Crippen LogP contribution in [0.25, 0.3) is 0 Å². The molecule has 0 aliphatic carbocycles. The van der Waals surface area contributed by atoms with Crippen LogP contribution in [-0.4, -0.2) is 71.8 Å². The molecule has 3 rings (SSSR count). The van der Waals surface area contributed by atoms with E-state index in [9.17, 15) is 9.59 Å². The molecule has 0 spiro atoms. The zero-order valence-corrected chi connectivity index (χ0v) is 15.9. The van der Waals surface area contributed by atoms with Crippen LogP contribution in [0.5, 0.6) is 0 Å². The highest BCUT2D eigenvalue weighted by Crippen LogP contribution is 2.22. The third kappa shape index (κ3) is 3.76. The largest absolute Gasteiger partial charge is 0.341 e. The average molecular weight is 358 g/mol. The van der Waals surface area contributed by atoms with Crippen LogP contribution in [0.1, 0.15) is 32.3 Å². The maximum absolute atomic E-state index is 12.9. The van der Waals surface area contributed by atoms with Crippen LogP contribution < -0.4 is 5.73 Å². The van der Waals surface area contributed by atoms with Crippen molar-refractivity contribution in [2.45, 2.75) is 38.3 Å². The van der Waals surface area contributed by atoms with Gasteiger partial charge in [0.05, 0.1) is 6.04 Å². The Morgan fingerprint density at radius 3 is 2.12 bits per heavy atom. The van der Waals surface area contributed by atoms with Gasteiger partial charge in [-0.25, -0.2) is 0 Å². The number of nitrogens with two attached hydrogens (primary N) is 1. The number of hydrogen-bond donors (Lipinski definition) is 1. The maximum atomic E-state index is 12.9. The first-order valence-corrected chi connectivity index (χ1v) is 9.58. The van der Waals surface area contributed by atoms with Gasteiger partial charge < -0.3 is 15.5 Å². The summed E-state index contributed by atoms with van der Waals surface area (Å²) in [5.74, 6) is 0.164. The maximum Gasteiger partial charge on any atom is 0.247 e. The van der Waals surface area contributed by atoms with Gasteiger partial charge in [-0.3, -0.25) is 14.5 Å². The molecule has 6 nitrogen and oxygen atoms in total. The number of carbonyl (C=O) groups excluding carboxylic acids is 2. The lowest BCUT2D eigenvalue weighted by Gasteiger charge is -2.41. The normalized spacial score (nSPS) is 22.1. The first-order chi connectivity index (χ1) is 12.4. The second-order valence-corrected chi connectivity index (χ2v) is 7.60. The van der Waals surface area contributed by atoms with Crippen molar-refractivity contribution in [2.24, 2.45) is 5.73 Å². The third-order valence-electron chi connectivity index (χ3n) is 5.74. The average Bonchev–Trinajstić information content (AvgIpc) is 3.22. The Bertz CT molecular complexity index is 632. The van der Waals surface area contributed by atoms with Crippen molar-refractivity contribution < 1.29 is 9.59 Å². The molecule has 2 saturated heterocycles. The van der Waals surface area contributed by atoms with Gasteiger partial charge in [0.15, 0.2) is 0 Å². The zero-order valence-electron chi connectivity index (χ0n) is 15.9. The topological polar surface area (TPSA) is 69.9 Å². The second-order valence-electron chi connectivity index (χ2n) is 7.60. The number of hydrogen-bond acceptors (Lipinski definition) is 4. The van der Waals surface area contributed by atoms with Crippen LogP contribution in [-0.2, 0) is 15.1 Å². The fourth-order valence-corrected chi connectivity index (χ4v) is 3.91. The smallest absolute Gasteiger partial charge is 0.247 e. The first-order valence-electron chi connectivity index (χ1n) is 9.58. The van der Waals surface area contributed by atoms with E-state index in [1.807, 2.05) is 47.1 Å². The minimum absolute atomic E-state index is 0.0538. The van der Waals surface area contributed by atoms with Crippen molar-refractivity contribution in [3.8, 4) is 0 Å². The minimum Gasteiger partial charge on any atom is -0.341 e. The van der Waals surface area contributed by atoms with Crippen LogP contribution in [0.15, 0.2) is 30.3 Å². The predicted molar refractivity (Wildman–Crippen MR) is 101 cm³/mol. The highest BCUT2D eigenvalue weighted by Gasteiger charge is 2.37. The van der Waals surface area contributed by atoms with Gasteiger partial charge >= 0.3 is 0 Å². The highest BCUT2D eigenvalue weighted by molar-refractivity contribution is 5.87. The van der Waals surface area contributed by atoms with E-state index < -0.39 is 5.54 Å². The summed E-state index contributed by atoms with van der Waals surface area (Å²) in [5, 5.41) is 0. The lowest BCUT2D eigenvalue weighted by Crippen LogP contribution is -2.59. The molecule has 2 heterocycles. The second kappa shape index (κ2) is 7.76. The molecular formula is C20H30N4O2. The summed E-state index contributed by atoms with van der Waals surface area (Å²) in [4.78, 5) is 31.5. The molecule has 2 atom stereocenters. The molecule has 0 aromatic heterocycles. The molecule has 1 aromatic rings. The third-order valence-corrected chi connectivity index (χ3v) is 5.74. The van der Waals surface area contributed by atoms with Crippen LogP contribution >= 0.6 is 0 Å². The summed E-state index contributed by atoms with van der Waals surface area (Å²) >= 11 is 0. The Labute approximate surface area is 155 Å². The quantitative estimate of drug-likeness (QED) is 0.872. The standard InChI is InChI=1S/C20H30N4O2/c1-16(18(25)23-10-6-7-11-23)22-12-14-24(15-13-22)19(26)20(2,21)17-8-4-3-5-9-17/h3-5,8-9,16H,6-7,10-15,21H2,1-2H3. The summed E-state index contributed by atoms with van der Waals surface area (Å²) in [6.07, 6.45) is 2.21. The number of piperazine rings is 1. The van der Waals surface area contributed by atoms with Crippen LogP contribution in [0.3, 0.4) is 0 Å². The zero-order chi connectivity index (χ0) is 18.7. The highest BCUT2D eigenvalue weighted by atomic mass is 16.2. The van der Waals surface area contributed by atoms with Crippen molar-refractivity contribution in [1.82, 2.24) is 14.7 Å². The fourth-order valence-electron chi connectivity index (χ4n) is 3.91. The Morgan fingerprint density at radius 2 is 1.54 bits per heavy atom. The Balaban J connectivity index is 1.57. The van der Waals surface area contributed by atoms with E-state index in [4.69, 9.17) is 5.73 Å². The molecule has 2 amide bonds. The lowest BCUT2D eigenvalue weighted by molar-refractivity contribution is -0.141. The summed E-state index contributed by atoms with van der Waals surface area (Å²) in [6, 6.07) is 9.38. The monoisotopic (exact) mass is 358 g/mol. The predicted octanol–water partition coefficient (Wildman–Crippen LogP) is 1.02. The summed E-state index contributed by atoms with van der Waals surface area (Å²) in [7, 11) is 0. The van der Waals surface area contributed by atoms with E-state index in [1.165, 1.54) is 0 Å². The van der Waals surface area contributed by atoms with Gasteiger partial charge in [0.25, 0.3) is 0 Å². The molecule has 1 aromatic carbocycles. The fraction of sp³-hybridized carbons (Fsp3) is 0.600. The van der Waals surface area contributed by atoms with E-state index in [2.05, 4.69) is 4.90 Å². The number of carbonyl (C=O) groups is 2. The SMILES string of the molecule is CC(C(=O)N1CCCC1)N1CCN(C(=O)C(C)(N)c2ccccc2)CC1. The molecule has 2 unspecified atom stereocenters. The molecule has 6 heteroatoms. The van der Waals surface area contributed by atoms with Gasteiger partial charge in [0.2, 0.25) is 11.8 Å². The van der Waals surface area contributed by atoms with E-state index in [-0.39, 0.29) is 17.9 Å². The van der Waals surface area contributed by atoms with Gasteiger partial charge in [-0.1, -0.05) is 30.3 Å². The van der Waals surface area contributed by atoms with E-state index >= 15 is 0 Å². The summed E-state index contributed by atoms with van der Waals surface area (Å²) < 4.78 is 0. The van der Waals surface area contributed by atoms with Gasteiger partial charge in [-0.15, -0.1) is 0 Å². The van der Waals surface area contributed by atoms with Crippen molar-refractivity contribution in [1.29, 1.82) is 0 Å². The van der Waals surface area contributed by atoms with Gasteiger partial charge in [0.1, 0.15) is 5.54 Å². The number of nitrogens with zero attached hydrogens (tertiary/aromatic N) is 3. The Kier molecular flexibility index (Phi) is 5.63. The van der Waals surface area contributed by atoms with Gasteiger partial charge in [0, 0.05) is 39.3 Å². The number of rotatable bonds is 4. The van der Waals surface area contributed by atoms with Crippen molar-refractivity contribution >= 4 is 11.8 Å². The lowest BCUT2D eigenvalue weighted by atomic mass is 9.91. The molecule has 2 aliphatic heterocycles. The molecular weight excluding hydrogens is 328 g/mol. The van der Waals surface area contributed by atoms with Crippen molar-refractivity contribution in [3.63, 3.8) is 0 Å². The van der Waals surface area contributed by atoms with Crippen molar-refractivity contribution in [2.75, 3.05) is 39.3 Å². The molecule has 2 N–H and O–H groups in total. The van der Waals surface area contributed by atoms with E-state index in [1.54, 1.807) is 6.92 Å². The molecule has 26 heavy (non-hydrogen) atoms. The summed E-state index contributed by atoms with van der Waals surface area (Å²) in [6.45, 7) is 8.14. The molecule has 0 saturated carbocycles. The first kappa shape index (κ1) is 18.9.